The van der Waals surface area contributed by atoms with Crippen molar-refractivity contribution < 1.29 is 8.42 Å². The zero-order valence-corrected chi connectivity index (χ0v) is 13.7. The fourth-order valence-electron chi connectivity index (χ4n) is 2.71. The molecule has 1 aromatic rings. The summed E-state index contributed by atoms with van der Waals surface area (Å²) in [6.07, 6.45) is 7.91. The van der Waals surface area contributed by atoms with Crippen LogP contribution >= 0.6 is 11.3 Å². The molecule has 1 aliphatic rings. The highest BCUT2D eigenvalue weighted by atomic mass is 32.2. The minimum atomic E-state index is -3.38. The molecule has 6 heteroatoms. The lowest BCUT2D eigenvalue weighted by Crippen LogP contribution is -2.35. The molecule has 0 radical (unpaired) electrons. The normalized spacial score (nSPS) is 18.6. The Hall–Kier alpha value is -0.430. The van der Waals surface area contributed by atoms with Crippen molar-refractivity contribution >= 4 is 21.4 Å². The molecule has 1 heterocycles. The fourth-order valence-corrected chi connectivity index (χ4v) is 5.48. The molecule has 1 aromatic heterocycles. The van der Waals surface area contributed by atoms with E-state index in [0.717, 1.165) is 30.6 Å². The molecule has 1 fully saturated rings. The van der Waals surface area contributed by atoms with Crippen LogP contribution in [0, 0.1) is 0 Å². The molecule has 4 nitrogen and oxygen atoms in total. The van der Waals surface area contributed by atoms with E-state index >= 15 is 0 Å². The highest BCUT2D eigenvalue weighted by Gasteiger charge is 2.23. The molecule has 0 bridgehead atoms. The molecule has 0 atom stereocenters. The summed E-state index contributed by atoms with van der Waals surface area (Å²) in [5.41, 5.74) is 0. The summed E-state index contributed by atoms with van der Waals surface area (Å²) < 4.78 is 28.0. The Morgan fingerprint density at radius 1 is 1.20 bits per heavy atom. The van der Waals surface area contributed by atoms with Crippen molar-refractivity contribution in [2.24, 2.45) is 0 Å². The molecule has 1 aliphatic carbocycles. The van der Waals surface area contributed by atoms with E-state index in [1.54, 1.807) is 6.07 Å². The van der Waals surface area contributed by atoms with Gasteiger partial charge < -0.3 is 5.32 Å². The molecule has 0 aliphatic heterocycles. The quantitative estimate of drug-likeness (QED) is 0.878. The predicted octanol–water partition coefficient (Wildman–Crippen LogP) is 2.86. The van der Waals surface area contributed by atoms with Gasteiger partial charge in [0.25, 0.3) is 0 Å². The van der Waals surface area contributed by atoms with Crippen molar-refractivity contribution in [2.45, 2.75) is 62.4 Å². The van der Waals surface area contributed by atoms with E-state index in [4.69, 9.17) is 0 Å². The lowest BCUT2D eigenvalue weighted by Gasteiger charge is -2.21. The summed E-state index contributed by atoms with van der Waals surface area (Å²) in [4.78, 5) is 1.32. The standard InChI is InChI=1S/C14H24N2O2S2/c1-15-11-13-14(9-10-19-13)20(17,18)16-12-7-5-3-2-4-6-8-12/h9-10,12,15-16H,2-8,11H2,1H3. The highest BCUT2D eigenvalue weighted by molar-refractivity contribution is 7.89. The third-order valence-corrected chi connectivity index (χ3v) is 6.41. The van der Waals surface area contributed by atoms with Gasteiger partial charge >= 0.3 is 0 Å². The second kappa shape index (κ2) is 7.54. The van der Waals surface area contributed by atoms with Crippen LogP contribution in [0.5, 0.6) is 0 Å². The number of sulfonamides is 1. The van der Waals surface area contributed by atoms with Gasteiger partial charge in [-0.05, 0) is 31.3 Å². The smallest absolute Gasteiger partial charge is 0.241 e. The Morgan fingerprint density at radius 2 is 1.85 bits per heavy atom. The molecular formula is C14H24N2O2S2. The molecule has 20 heavy (non-hydrogen) atoms. The van der Waals surface area contributed by atoms with E-state index in [2.05, 4.69) is 10.0 Å². The number of nitrogens with one attached hydrogen (secondary N) is 2. The molecule has 2 rings (SSSR count). The molecule has 1 saturated carbocycles. The Balaban J connectivity index is 2.07. The van der Waals surface area contributed by atoms with Crippen LogP contribution in [0.1, 0.15) is 49.8 Å². The Morgan fingerprint density at radius 3 is 2.50 bits per heavy atom. The van der Waals surface area contributed by atoms with Crippen LogP contribution in [-0.2, 0) is 16.6 Å². The van der Waals surface area contributed by atoms with Crippen LogP contribution in [0.3, 0.4) is 0 Å². The number of hydrogen-bond donors (Lipinski definition) is 2. The van der Waals surface area contributed by atoms with Gasteiger partial charge in [-0.1, -0.05) is 32.1 Å². The van der Waals surface area contributed by atoms with Gasteiger partial charge in [0.1, 0.15) is 0 Å². The lowest BCUT2D eigenvalue weighted by atomic mass is 9.97. The lowest BCUT2D eigenvalue weighted by molar-refractivity contribution is 0.426. The third kappa shape index (κ3) is 4.28. The first-order valence-corrected chi connectivity index (χ1v) is 9.73. The first kappa shape index (κ1) is 15.9. The van der Waals surface area contributed by atoms with E-state index in [1.807, 2.05) is 12.4 Å². The van der Waals surface area contributed by atoms with Crippen molar-refractivity contribution in [3.63, 3.8) is 0 Å². The van der Waals surface area contributed by atoms with Gasteiger partial charge in [-0.3, -0.25) is 0 Å². The summed E-state index contributed by atoms with van der Waals surface area (Å²) in [6.45, 7) is 0.596. The van der Waals surface area contributed by atoms with Crippen molar-refractivity contribution in [3.8, 4) is 0 Å². The zero-order chi connectivity index (χ0) is 14.4. The van der Waals surface area contributed by atoms with Gasteiger partial charge in [0.05, 0.1) is 4.90 Å². The van der Waals surface area contributed by atoms with E-state index < -0.39 is 10.0 Å². The first-order valence-electron chi connectivity index (χ1n) is 7.37. The summed E-state index contributed by atoms with van der Waals surface area (Å²) in [7, 11) is -1.55. The summed E-state index contributed by atoms with van der Waals surface area (Å²) in [5, 5.41) is 4.87. The minimum Gasteiger partial charge on any atom is -0.315 e. The molecule has 0 saturated heterocycles. The van der Waals surface area contributed by atoms with Crippen molar-refractivity contribution in [3.05, 3.63) is 16.3 Å². The van der Waals surface area contributed by atoms with Crippen LogP contribution in [0.2, 0.25) is 0 Å². The third-order valence-electron chi connectivity index (χ3n) is 3.76. The molecule has 114 valence electrons. The first-order chi connectivity index (χ1) is 9.63. The van der Waals surface area contributed by atoms with E-state index in [1.165, 1.54) is 30.6 Å². The summed E-state index contributed by atoms with van der Waals surface area (Å²) in [6, 6.07) is 1.81. The summed E-state index contributed by atoms with van der Waals surface area (Å²) >= 11 is 1.49. The molecule has 2 N–H and O–H groups in total. The summed E-state index contributed by atoms with van der Waals surface area (Å²) in [5.74, 6) is 0. The average molecular weight is 316 g/mol. The van der Waals surface area contributed by atoms with Crippen molar-refractivity contribution in [2.75, 3.05) is 7.05 Å². The minimum absolute atomic E-state index is 0.0997. The fraction of sp³-hybridized carbons (Fsp3) is 0.714. The van der Waals surface area contributed by atoms with E-state index in [9.17, 15) is 8.42 Å². The van der Waals surface area contributed by atoms with Crippen molar-refractivity contribution in [1.82, 2.24) is 10.0 Å². The maximum absolute atomic E-state index is 12.5. The molecule has 0 amide bonds. The van der Waals surface area contributed by atoms with E-state index in [-0.39, 0.29) is 6.04 Å². The van der Waals surface area contributed by atoms with Crippen molar-refractivity contribution in [1.29, 1.82) is 0 Å². The largest absolute Gasteiger partial charge is 0.315 e. The average Bonchev–Trinajstić information content (AvgIpc) is 2.82. The Labute approximate surface area is 126 Å². The van der Waals surface area contributed by atoms with Crippen LogP contribution in [0.4, 0.5) is 0 Å². The number of thiophene rings is 1. The Kier molecular flexibility index (Phi) is 6.01. The van der Waals surface area contributed by atoms with Gasteiger partial charge in [-0.15, -0.1) is 11.3 Å². The van der Waals surface area contributed by atoms with Crippen LogP contribution in [0.25, 0.3) is 0 Å². The topological polar surface area (TPSA) is 58.2 Å². The van der Waals surface area contributed by atoms with Gasteiger partial charge in [0, 0.05) is 17.5 Å². The van der Waals surface area contributed by atoms with Gasteiger partial charge in [-0.25, -0.2) is 13.1 Å². The second-order valence-electron chi connectivity index (χ2n) is 5.40. The number of rotatable bonds is 5. The van der Waals surface area contributed by atoms with E-state index in [0.29, 0.717) is 11.4 Å². The zero-order valence-electron chi connectivity index (χ0n) is 12.0. The maximum Gasteiger partial charge on any atom is 0.241 e. The SMILES string of the molecule is CNCc1sccc1S(=O)(=O)NC1CCCCCCC1. The van der Waals surface area contributed by atoms with Gasteiger partial charge in [0.15, 0.2) is 0 Å². The van der Waals surface area contributed by atoms with Gasteiger partial charge in [-0.2, -0.15) is 0 Å². The molecule has 0 unspecified atom stereocenters. The molecule has 0 spiro atoms. The van der Waals surface area contributed by atoms with Crippen LogP contribution < -0.4 is 10.0 Å². The highest BCUT2D eigenvalue weighted by Crippen LogP contribution is 2.24. The van der Waals surface area contributed by atoms with Crippen LogP contribution in [0.15, 0.2) is 16.3 Å². The molecular weight excluding hydrogens is 292 g/mol. The van der Waals surface area contributed by atoms with Gasteiger partial charge in [0.2, 0.25) is 10.0 Å². The molecule has 0 aromatic carbocycles. The maximum atomic E-state index is 12.5. The van der Waals surface area contributed by atoms with Crippen LogP contribution in [-0.4, -0.2) is 21.5 Å². The monoisotopic (exact) mass is 316 g/mol. The second-order valence-corrected chi connectivity index (χ2v) is 8.08. The Bertz CT molecular complexity index is 503. The predicted molar refractivity (Wildman–Crippen MR) is 83.5 cm³/mol. The number of hydrogen-bond acceptors (Lipinski definition) is 4.